The van der Waals surface area contributed by atoms with Gasteiger partial charge >= 0.3 is 0 Å². The Morgan fingerprint density at radius 2 is 2.25 bits per heavy atom. The average Bonchev–Trinajstić information content (AvgIpc) is 2.34. The Balaban J connectivity index is 2.74. The summed E-state index contributed by atoms with van der Waals surface area (Å²) in [6, 6.07) is -0.211. The Morgan fingerprint density at radius 1 is 1.58 bits per heavy atom. The van der Waals surface area contributed by atoms with E-state index in [2.05, 4.69) is 0 Å². The van der Waals surface area contributed by atoms with Gasteiger partial charge in [-0.15, -0.1) is 0 Å². The first kappa shape index (κ1) is 9.95. The van der Waals surface area contributed by atoms with Crippen LogP contribution in [-0.4, -0.2) is 42.8 Å². The zero-order valence-electron chi connectivity index (χ0n) is 7.23. The number of rotatable bonds is 3. The zero-order valence-corrected chi connectivity index (χ0v) is 8.05. The van der Waals surface area contributed by atoms with E-state index < -0.39 is 10.0 Å². The second-order valence-corrected chi connectivity index (χ2v) is 5.07. The summed E-state index contributed by atoms with van der Waals surface area (Å²) in [5.74, 6) is 0.240. The highest BCUT2D eigenvalue weighted by Crippen LogP contribution is 2.18. The maximum atomic E-state index is 11.3. The maximum Gasteiger partial charge on any atom is 0.214 e. The van der Waals surface area contributed by atoms with E-state index in [1.165, 1.54) is 4.31 Å². The molecule has 1 atom stereocenters. The molecule has 1 heterocycles. The van der Waals surface area contributed by atoms with Crippen LogP contribution in [0.3, 0.4) is 0 Å². The fourth-order valence-corrected chi connectivity index (χ4v) is 3.30. The summed E-state index contributed by atoms with van der Waals surface area (Å²) in [5.41, 5.74) is 0. The van der Waals surface area contributed by atoms with Gasteiger partial charge < -0.3 is 5.11 Å². The van der Waals surface area contributed by atoms with Gasteiger partial charge in [-0.25, -0.2) is 8.42 Å². The summed E-state index contributed by atoms with van der Waals surface area (Å²) >= 11 is 0. The lowest BCUT2D eigenvalue weighted by atomic mass is 10.2. The fourth-order valence-electron chi connectivity index (χ4n) is 1.49. The minimum absolute atomic E-state index is 0.0737. The monoisotopic (exact) mass is 193 g/mol. The van der Waals surface area contributed by atoms with Crippen molar-refractivity contribution in [3.05, 3.63) is 0 Å². The van der Waals surface area contributed by atoms with Gasteiger partial charge in [0.05, 0.1) is 12.4 Å². The van der Waals surface area contributed by atoms with Crippen LogP contribution < -0.4 is 0 Å². The quantitative estimate of drug-likeness (QED) is 0.675. The zero-order chi connectivity index (χ0) is 9.19. The highest BCUT2D eigenvalue weighted by Gasteiger charge is 2.32. The fraction of sp³-hybridized carbons (Fsp3) is 1.00. The van der Waals surface area contributed by atoms with Crippen LogP contribution in [-0.2, 0) is 10.0 Å². The van der Waals surface area contributed by atoms with Crippen molar-refractivity contribution in [2.45, 2.75) is 25.8 Å². The van der Waals surface area contributed by atoms with E-state index >= 15 is 0 Å². The number of hydrogen-bond donors (Lipinski definition) is 1. The maximum absolute atomic E-state index is 11.3. The molecule has 0 saturated carbocycles. The number of nitrogens with zero attached hydrogens (tertiary/aromatic N) is 1. The van der Waals surface area contributed by atoms with Gasteiger partial charge in [0.15, 0.2) is 0 Å². The Labute approximate surface area is 73.2 Å². The molecule has 1 N–H and O–H groups in total. The summed E-state index contributed by atoms with van der Waals surface area (Å²) in [7, 11) is -3.04. The molecule has 72 valence electrons. The molecule has 1 rings (SSSR count). The number of sulfonamides is 1. The standard InChI is InChI=1S/C7H15NO3S/c1-2-7(6-9)8-4-3-5-12(8,10)11/h7,9H,2-6H2,1H3. The molecule has 1 fully saturated rings. The second kappa shape index (κ2) is 3.72. The number of aliphatic hydroxyl groups excluding tert-OH is 1. The van der Waals surface area contributed by atoms with Crippen molar-refractivity contribution < 1.29 is 13.5 Å². The van der Waals surface area contributed by atoms with Crippen molar-refractivity contribution >= 4 is 10.0 Å². The molecule has 1 saturated heterocycles. The molecule has 0 spiro atoms. The highest BCUT2D eigenvalue weighted by atomic mass is 32.2. The van der Waals surface area contributed by atoms with Crippen molar-refractivity contribution in [3.8, 4) is 0 Å². The van der Waals surface area contributed by atoms with Gasteiger partial charge in [0.2, 0.25) is 10.0 Å². The van der Waals surface area contributed by atoms with Gasteiger partial charge in [-0.1, -0.05) is 6.92 Å². The summed E-state index contributed by atoms with van der Waals surface area (Å²) < 4.78 is 24.1. The molecule has 0 amide bonds. The third-order valence-corrected chi connectivity index (χ3v) is 4.23. The largest absolute Gasteiger partial charge is 0.395 e. The van der Waals surface area contributed by atoms with Crippen LogP contribution in [0.2, 0.25) is 0 Å². The van der Waals surface area contributed by atoms with Crippen molar-refractivity contribution in [2.24, 2.45) is 0 Å². The van der Waals surface area contributed by atoms with Crippen LogP contribution in [0.5, 0.6) is 0 Å². The summed E-state index contributed by atoms with van der Waals surface area (Å²) in [5, 5.41) is 8.91. The second-order valence-electron chi connectivity index (χ2n) is 3.02. The van der Waals surface area contributed by atoms with Crippen LogP contribution in [0.25, 0.3) is 0 Å². The van der Waals surface area contributed by atoms with Gasteiger partial charge in [0.25, 0.3) is 0 Å². The van der Waals surface area contributed by atoms with Crippen LogP contribution in [0.4, 0.5) is 0 Å². The molecular formula is C7H15NO3S. The third kappa shape index (κ3) is 1.78. The van der Waals surface area contributed by atoms with E-state index in [1.807, 2.05) is 6.92 Å². The van der Waals surface area contributed by atoms with Crippen molar-refractivity contribution in [2.75, 3.05) is 18.9 Å². The summed E-state index contributed by atoms with van der Waals surface area (Å²) in [6.07, 6.45) is 1.37. The third-order valence-electron chi connectivity index (χ3n) is 2.23. The Bertz CT molecular complexity index is 233. The molecule has 1 unspecified atom stereocenters. The molecular weight excluding hydrogens is 178 g/mol. The van der Waals surface area contributed by atoms with E-state index in [9.17, 15) is 8.42 Å². The van der Waals surface area contributed by atoms with E-state index in [-0.39, 0.29) is 18.4 Å². The molecule has 1 aliphatic heterocycles. The first-order chi connectivity index (χ1) is 5.61. The molecule has 0 aliphatic carbocycles. The molecule has 0 aromatic heterocycles. The Morgan fingerprint density at radius 3 is 2.58 bits per heavy atom. The summed E-state index contributed by atoms with van der Waals surface area (Å²) in [4.78, 5) is 0. The van der Waals surface area contributed by atoms with Crippen LogP contribution in [0.1, 0.15) is 19.8 Å². The van der Waals surface area contributed by atoms with Crippen LogP contribution in [0.15, 0.2) is 0 Å². The normalized spacial score (nSPS) is 25.8. The van der Waals surface area contributed by atoms with Gasteiger partial charge in [-0.2, -0.15) is 4.31 Å². The Kier molecular flexibility index (Phi) is 3.09. The van der Waals surface area contributed by atoms with E-state index in [4.69, 9.17) is 5.11 Å². The predicted octanol–water partition coefficient (Wildman–Crippen LogP) is -0.207. The molecule has 0 aromatic rings. The van der Waals surface area contributed by atoms with Crippen LogP contribution in [0, 0.1) is 0 Å². The molecule has 0 radical (unpaired) electrons. The number of hydrogen-bond acceptors (Lipinski definition) is 3. The van der Waals surface area contributed by atoms with Crippen molar-refractivity contribution in [1.29, 1.82) is 0 Å². The van der Waals surface area contributed by atoms with Gasteiger partial charge in [-0.3, -0.25) is 0 Å². The van der Waals surface area contributed by atoms with Crippen LogP contribution >= 0.6 is 0 Å². The van der Waals surface area contributed by atoms with Crippen molar-refractivity contribution in [3.63, 3.8) is 0 Å². The van der Waals surface area contributed by atoms with Gasteiger partial charge in [0.1, 0.15) is 0 Å². The SMILES string of the molecule is CCC(CO)N1CCCS1(=O)=O. The summed E-state index contributed by atoms with van der Waals surface area (Å²) in [6.45, 7) is 2.38. The average molecular weight is 193 g/mol. The lowest BCUT2D eigenvalue weighted by molar-refractivity contribution is 0.189. The molecule has 4 nitrogen and oxygen atoms in total. The minimum Gasteiger partial charge on any atom is -0.395 e. The van der Waals surface area contributed by atoms with Gasteiger partial charge in [0, 0.05) is 12.6 Å². The number of aliphatic hydroxyl groups is 1. The molecule has 5 heteroatoms. The smallest absolute Gasteiger partial charge is 0.214 e. The van der Waals surface area contributed by atoms with E-state index in [0.29, 0.717) is 19.4 Å². The topological polar surface area (TPSA) is 57.6 Å². The van der Waals surface area contributed by atoms with E-state index in [1.54, 1.807) is 0 Å². The highest BCUT2D eigenvalue weighted by molar-refractivity contribution is 7.89. The van der Waals surface area contributed by atoms with Crippen molar-refractivity contribution in [1.82, 2.24) is 4.31 Å². The minimum atomic E-state index is -3.04. The van der Waals surface area contributed by atoms with Gasteiger partial charge in [-0.05, 0) is 12.8 Å². The first-order valence-electron chi connectivity index (χ1n) is 4.22. The Hall–Kier alpha value is -0.130. The lowest BCUT2D eigenvalue weighted by Gasteiger charge is -2.22. The molecule has 1 aliphatic rings. The lowest BCUT2D eigenvalue weighted by Crippen LogP contribution is -2.38. The molecule has 0 aromatic carbocycles. The van der Waals surface area contributed by atoms with E-state index in [0.717, 1.165) is 0 Å². The molecule has 12 heavy (non-hydrogen) atoms. The predicted molar refractivity (Wildman–Crippen MR) is 46.3 cm³/mol. The first-order valence-corrected chi connectivity index (χ1v) is 5.83. The molecule has 0 bridgehead atoms.